The Kier molecular flexibility index (Phi) is 6.26. The van der Waals surface area contributed by atoms with E-state index in [-0.39, 0.29) is 30.6 Å². The van der Waals surface area contributed by atoms with Crippen LogP contribution in [0.15, 0.2) is 24.3 Å². The molecule has 1 rings (SSSR count). The van der Waals surface area contributed by atoms with Gasteiger partial charge in [-0.2, -0.15) is 0 Å². The topological polar surface area (TPSA) is 46.2 Å². The van der Waals surface area contributed by atoms with Crippen LogP contribution in [0, 0.1) is 0 Å². The highest BCUT2D eigenvalue weighted by Gasteiger charge is 2.09. The molecule has 3 heteroatoms. The van der Waals surface area contributed by atoms with E-state index in [1.165, 1.54) is 5.56 Å². The predicted molar refractivity (Wildman–Crippen MR) is 77.3 cm³/mol. The Morgan fingerprint density at radius 3 is 2.26 bits per heavy atom. The SMILES string of the molecule is CCCc1ccc(C(=O)CCC(=O)NC(C)C)cc1. The van der Waals surface area contributed by atoms with Crippen molar-refractivity contribution in [1.29, 1.82) is 0 Å². The van der Waals surface area contributed by atoms with Crippen molar-refractivity contribution >= 4 is 11.7 Å². The number of benzene rings is 1. The highest BCUT2D eigenvalue weighted by atomic mass is 16.2. The molecule has 0 saturated carbocycles. The largest absolute Gasteiger partial charge is 0.354 e. The number of amides is 1. The van der Waals surface area contributed by atoms with Gasteiger partial charge < -0.3 is 5.32 Å². The highest BCUT2D eigenvalue weighted by molar-refractivity contribution is 5.97. The van der Waals surface area contributed by atoms with Gasteiger partial charge in [0, 0.05) is 24.4 Å². The van der Waals surface area contributed by atoms with Crippen molar-refractivity contribution in [2.24, 2.45) is 0 Å². The van der Waals surface area contributed by atoms with E-state index in [0.717, 1.165) is 12.8 Å². The first kappa shape index (κ1) is 15.4. The van der Waals surface area contributed by atoms with Crippen LogP contribution < -0.4 is 5.32 Å². The molecule has 19 heavy (non-hydrogen) atoms. The molecule has 0 heterocycles. The Hall–Kier alpha value is -1.64. The molecule has 0 unspecified atom stereocenters. The van der Waals surface area contributed by atoms with Crippen molar-refractivity contribution in [2.75, 3.05) is 0 Å². The molecule has 1 aromatic carbocycles. The third-order valence-electron chi connectivity index (χ3n) is 2.84. The van der Waals surface area contributed by atoms with E-state index >= 15 is 0 Å². The number of carbonyl (C=O) groups excluding carboxylic acids is 2. The Balaban J connectivity index is 2.47. The molecule has 0 radical (unpaired) electrons. The van der Waals surface area contributed by atoms with Gasteiger partial charge in [0.15, 0.2) is 5.78 Å². The summed E-state index contributed by atoms with van der Waals surface area (Å²) in [7, 11) is 0. The zero-order chi connectivity index (χ0) is 14.3. The molecule has 0 atom stereocenters. The number of hydrogen-bond donors (Lipinski definition) is 1. The summed E-state index contributed by atoms with van der Waals surface area (Å²) in [6, 6.07) is 7.81. The zero-order valence-electron chi connectivity index (χ0n) is 12.0. The van der Waals surface area contributed by atoms with Crippen LogP contribution in [0.25, 0.3) is 0 Å². The summed E-state index contributed by atoms with van der Waals surface area (Å²) in [6.45, 7) is 5.95. The Morgan fingerprint density at radius 1 is 1.11 bits per heavy atom. The summed E-state index contributed by atoms with van der Waals surface area (Å²) in [5.74, 6) is -0.0343. The summed E-state index contributed by atoms with van der Waals surface area (Å²) in [6.07, 6.45) is 2.66. The predicted octanol–water partition coefficient (Wildman–Crippen LogP) is 3.13. The molecular weight excluding hydrogens is 238 g/mol. The van der Waals surface area contributed by atoms with Crippen molar-refractivity contribution in [2.45, 2.75) is 52.5 Å². The Morgan fingerprint density at radius 2 is 1.74 bits per heavy atom. The van der Waals surface area contributed by atoms with Crippen LogP contribution in [0.5, 0.6) is 0 Å². The molecule has 3 nitrogen and oxygen atoms in total. The van der Waals surface area contributed by atoms with E-state index in [4.69, 9.17) is 0 Å². The maximum absolute atomic E-state index is 11.9. The third kappa shape index (κ3) is 5.69. The van der Waals surface area contributed by atoms with Crippen molar-refractivity contribution < 1.29 is 9.59 Å². The fraction of sp³-hybridized carbons (Fsp3) is 0.500. The van der Waals surface area contributed by atoms with E-state index in [1.54, 1.807) is 0 Å². The molecule has 1 amide bonds. The van der Waals surface area contributed by atoms with Crippen LogP contribution in [0.3, 0.4) is 0 Å². The maximum atomic E-state index is 11.9. The van der Waals surface area contributed by atoms with Crippen molar-refractivity contribution in [3.8, 4) is 0 Å². The fourth-order valence-electron chi connectivity index (χ4n) is 1.91. The lowest BCUT2D eigenvalue weighted by molar-refractivity contribution is -0.121. The molecule has 1 N–H and O–H groups in total. The van der Waals surface area contributed by atoms with E-state index in [2.05, 4.69) is 12.2 Å². The second-order valence-corrected chi connectivity index (χ2v) is 5.09. The van der Waals surface area contributed by atoms with Crippen molar-refractivity contribution in [3.05, 3.63) is 35.4 Å². The molecule has 104 valence electrons. The molecule has 0 bridgehead atoms. The van der Waals surface area contributed by atoms with E-state index in [0.29, 0.717) is 5.56 Å². The first-order valence-corrected chi connectivity index (χ1v) is 6.94. The van der Waals surface area contributed by atoms with Crippen LogP contribution in [-0.4, -0.2) is 17.7 Å². The minimum atomic E-state index is -0.0639. The number of carbonyl (C=O) groups is 2. The van der Waals surface area contributed by atoms with Crippen LogP contribution in [0.1, 0.15) is 56.0 Å². The molecular formula is C16H23NO2. The monoisotopic (exact) mass is 261 g/mol. The van der Waals surface area contributed by atoms with Crippen molar-refractivity contribution in [3.63, 3.8) is 0 Å². The van der Waals surface area contributed by atoms with Crippen LogP contribution >= 0.6 is 0 Å². The first-order chi connectivity index (χ1) is 9.02. The second-order valence-electron chi connectivity index (χ2n) is 5.09. The number of Topliss-reactive ketones (excluding diaryl/α,β-unsaturated/α-hetero) is 1. The number of ketones is 1. The molecule has 0 aliphatic carbocycles. The first-order valence-electron chi connectivity index (χ1n) is 6.94. The lowest BCUT2D eigenvalue weighted by Crippen LogP contribution is -2.30. The highest BCUT2D eigenvalue weighted by Crippen LogP contribution is 2.09. The van der Waals surface area contributed by atoms with Crippen molar-refractivity contribution in [1.82, 2.24) is 5.32 Å². The van der Waals surface area contributed by atoms with Gasteiger partial charge in [-0.05, 0) is 25.8 Å². The maximum Gasteiger partial charge on any atom is 0.220 e. The van der Waals surface area contributed by atoms with Gasteiger partial charge >= 0.3 is 0 Å². The van der Waals surface area contributed by atoms with Gasteiger partial charge in [0.25, 0.3) is 0 Å². The van der Waals surface area contributed by atoms with E-state index < -0.39 is 0 Å². The zero-order valence-corrected chi connectivity index (χ0v) is 12.0. The summed E-state index contributed by atoms with van der Waals surface area (Å²) >= 11 is 0. The van der Waals surface area contributed by atoms with Crippen LogP contribution in [0.4, 0.5) is 0 Å². The summed E-state index contributed by atoms with van der Waals surface area (Å²) in [4.78, 5) is 23.4. The molecule has 0 aromatic heterocycles. The minimum Gasteiger partial charge on any atom is -0.354 e. The smallest absolute Gasteiger partial charge is 0.220 e. The van der Waals surface area contributed by atoms with Crippen LogP contribution in [-0.2, 0) is 11.2 Å². The Bertz CT molecular complexity index is 421. The summed E-state index contributed by atoms with van der Waals surface area (Å²) < 4.78 is 0. The number of rotatable bonds is 7. The third-order valence-corrected chi connectivity index (χ3v) is 2.84. The van der Waals surface area contributed by atoms with Gasteiger partial charge in [-0.1, -0.05) is 37.6 Å². The fourth-order valence-corrected chi connectivity index (χ4v) is 1.91. The number of hydrogen-bond acceptors (Lipinski definition) is 2. The molecule has 0 fully saturated rings. The molecule has 0 aliphatic rings. The second kappa shape index (κ2) is 7.72. The summed E-state index contributed by atoms with van der Waals surface area (Å²) in [5.41, 5.74) is 1.94. The minimum absolute atomic E-state index is 0.0296. The Labute approximate surface area is 115 Å². The van der Waals surface area contributed by atoms with Gasteiger partial charge in [-0.15, -0.1) is 0 Å². The standard InChI is InChI=1S/C16H23NO2/c1-4-5-13-6-8-14(9-7-13)15(18)10-11-16(19)17-12(2)3/h6-9,12H,4-5,10-11H2,1-3H3,(H,17,19). The number of aryl methyl sites for hydroxylation is 1. The van der Waals surface area contributed by atoms with Gasteiger partial charge in [0.05, 0.1) is 0 Å². The average molecular weight is 261 g/mol. The molecule has 0 aliphatic heterocycles. The number of nitrogens with one attached hydrogen (secondary N) is 1. The van der Waals surface area contributed by atoms with E-state index in [9.17, 15) is 9.59 Å². The van der Waals surface area contributed by atoms with Gasteiger partial charge in [0.1, 0.15) is 0 Å². The van der Waals surface area contributed by atoms with Gasteiger partial charge in [-0.3, -0.25) is 9.59 Å². The molecule has 1 aromatic rings. The van der Waals surface area contributed by atoms with E-state index in [1.807, 2.05) is 38.1 Å². The van der Waals surface area contributed by atoms with Gasteiger partial charge in [0.2, 0.25) is 5.91 Å². The molecule has 0 saturated heterocycles. The normalized spacial score (nSPS) is 10.5. The lowest BCUT2D eigenvalue weighted by atomic mass is 10.0. The van der Waals surface area contributed by atoms with Gasteiger partial charge in [-0.25, -0.2) is 0 Å². The molecule has 0 spiro atoms. The summed E-state index contributed by atoms with van der Waals surface area (Å²) in [5, 5.41) is 2.78. The van der Waals surface area contributed by atoms with Crippen LogP contribution in [0.2, 0.25) is 0 Å². The quantitative estimate of drug-likeness (QED) is 0.766. The average Bonchev–Trinajstić information content (AvgIpc) is 2.36. The lowest BCUT2D eigenvalue weighted by Gasteiger charge is -2.07.